The van der Waals surface area contributed by atoms with Crippen molar-refractivity contribution in [1.82, 2.24) is 0 Å². The van der Waals surface area contributed by atoms with Gasteiger partial charge in [-0.25, -0.2) is 8.42 Å². The van der Waals surface area contributed by atoms with Crippen molar-refractivity contribution in [3.8, 4) is 0 Å². The second-order valence-electron chi connectivity index (χ2n) is 2.81. The molecule has 0 amide bonds. The van der Waals surface area contributed by atoms with Crippen molar-refractivity contribution in [3.63, 3.8) is 0 Å². The number of sulfonamides is 1. The van der Waals surface area contributed by atoms with Crippen molar-refractivity contribution >= 4 is 43.2 Å². The Morgan fingerprint density at radius 2 is 2.14 bits per heavy atom. The summed E-state index contributed by atoms with van der Waals surface area (Å²) in [7, 11) is -3.43. The van der Waals surface area contributed by atoms with E-state index in [1.807, 2.05) is 13.0 Å². The molecule has 0 saturated carbocycles. The topological polar surface area (TPSA) is 46.2 Å². The summed E-state index contributed by atoms with van der Waals surface area (Å²) < 4.78 is 25.4. The zero-order chi connectivity index (χ0) is 10.8. The number of nitrogens with one attached hydrogen (secondary N) is 1. The average molecular weight is 299 g/mol. The molecule has 0 heterocycles. The van der Waals surface area contributed by atoms with E-state index in [2.05, 4.69) is 20.7 Å². The Balaban J connectivity index is 3.03. The molecule has 0 unspecified atom stereocenters. The van der Waals surface area contributed by atoms with E-state index < -0.39 is 15.2 Å². The van der Waals surface area contributed by atoms with Crippen molar-refractivity contribution in [2.24, 2.45) is 0 Å². The van der Waals surface area contributed by atoms with Crippen LogP contribution in [0.4, 0.5) is 5.69 Å². The van der Waals surface area contributed by atoms with Gasteiger partial charge in [0.15, 0.2) is 0 Å². The van der Waals surface area contributed by atoms with Crippen molar-refractivity contribution < 1.29 is 8.42 Å². The molecule has 0 saturated heterocycles. The Kier molecular flexibility index (Phi) is 3.80. The Bertz CT molecular complexity index is 433. The molecule has 78 valence electrons. The molecule has 0 fully saturated rings. The summed E-state index contributed by atoms with van der Waals surface area (Å²) in [4.78, 5) is 0. The summed E-state index contributed by atoms with van der Waals surface area (Å²) >= 11 is 8.51. The summed E-state index contributed by atoms with van der Waals surface area (Å²) in [6.07, 6.45) is 0. The van der Waals surface area contributed by atoms with Gasteiger partial charge in [-0.05, 0) is 40.5 Å². The lowest BCUT2D eigenvalue weighted by atomic mass is 10.2. The maximum Gasteiger partial charge on any atom is 0.246 e. The predicted molar refractivity (Wildman–Crippen MR) is 62.1 cm³/mol. The van der Waals surface area contributed by atoms with Gasteiger partial charge in [-0.2, -0.15) is 0 Å². The first-order valence-corrected chi connectivity index (χ1v) is 6.75. The van der Waals surface area contributed by atoms with Crippen LogP contribution in [0.25, 0.3) is 0 Å². The molecular weight excluding hydrogens is 290 g/mol. The second kappa shape index (κ2) is 4.51. The fraction of sp³-hybridized carbons (Fsp3) is 0.250. The lowest BCUT2D eigenvalue weighted by Crippen LogP contribution is -2.13. The van der Waals surface area contributed by atoms with Crippen LogP contribution in [-0.4, -0.2) is 13.6 Å². The van der Waals surface area contributed by atoms with Gasteiger partial charge in [-0.15, -0.1) is 11.6 Å². The van der Waals surface area contributed by atoms with E-state index in [0.29, 0.717) is 10.2 Å². The Hall–Kier alpha value is -0.260. The molecule has 14 heavy (non-hydrogen) atoms. The number of benzene rings is 1. The van der Waals surface area contributed by atoms with Gasteiger partial charge in [-0.1, -0.05) is 6.07 Å². The van der Waals surface area contributed by atoms with E-state index in [1.54, 1.807) is 12.1 Å². The van der Waals surface area contributed by atoms with Crippen molar-refractivity contribution in [2.45, 2.75) is 6.92 Å². The van der Waals surface area contributed by atoms with E-state index in [0.717, 1.165) is 5.56 Å². The maximum atomic E-state index is 11.2. The Morgan fingerprint density at radius 3 is 2.71 bits per heavy atom. The lowest BCUT2D eigenvalue weighted by Gasteiger charge is -2.07. The number of halogens is 2. The van der Waals surface area contributed by atoms with Gasteiger partial charge in [0, 0.05) is 4.47 Å². The fourth-order valence-corrected chi connectivity index (χ4v) is 2.11. The fourth-order valence-electron chi connectivity index (χ4n) is 0.912. The first kappa shape index (κ1) is 11.8. The van der Waals surface area contributed by atoms with Gasteiger partial charge >= 0.3 is 0 Å². The Labute approximate surface area is 96.6 Å². The minimum atomic E-state index is -3.43. The number of aryl methyl sites for hydroxylation is 1. The van der Waals surface area contributed by atoms with Crippen molar-refractivity contribution in [2.75, 3.05) is 9.93 Å². The van der Waals surface area contributed by atoms with Crippen molar-refractivity contribution in [3.05, 3.63) is 28.2 Å². The van der Waals surface area contributed by atoms with Crippen LogP contribution in [0.3, 0.4) is 0 Å². The van der Waals surface area contributed by atoms with E-state index in [1.165, 1.54) is 0 Å². The van der Waals surface area contributed by atoms with Crippen LogP contribution in [0.1, 0.15) is 5.56 Å². The number of hydrogen-bond acceptors (Lipinski definition) is 2. The van der Waals surface area contributed by atoms with E-state index >= 15 is 0 Å². The van der Waals surface area contributed by atoms with Crippen LogP contribution in [-0.2, 0) is 10.0 Å². The Morgan fingerprint density at radius 1 is 1.50 bits per heavy atom. The van der Waals surface area contributed by atoms with Crippen LogP contribution in [0.2, 0.25) is 0 Å². The summed E-state index contributed by atoms with van der Waals surface area (Å²) in [6, 6.07) is 5.39. The predicted octanol–water partition coefficient (Wildman–Crippen LogP) is 2.70. The normalized spacial score (nSPS) is 11.4. The third-order valence-electron chi connectivity index (χ3n) is 1.53. The molecule has 0 aromatic heterocycles. The van der Waals surface area contributed by atoms with Gasteiger partial charge in [0.05, 0.1) is 5.69 Å². The monoisotopic (exact) mass is 297 g/mol. The highest BCUT2D eigenvalue weighted by Crippen LogP contribution is 2.24. The number of hydrogen-bond donors (Lipinski definition) is 1. The molecule has 0 bridgehead atoms. The first-order chi connectivity index (χ1) is 6.44. The second-order valence-corrected chi connectivity index (χ2v) is 5.97. The zero-order valence-corrected chi connectivity index (χ0v) is 10.6. The van der Waals surface area contributed by atoms with E-state index in [-0.39, 0.29) is 0 Å². The molecule has 0 radical (unpaired) electrons. The van der Waals surface area contributed by atoms with Gasteiger partial charge < -0.3 is 0 Å². The third kappa shape index (κ3) is 3.15. The molecule has 1 rings (SSSR count). The van der Waals surface area contributed by atoms with Crippen LogP contribution in [0, 0.1) is 6.92 Å². The molecule has 1 N–H and O–H groups in total. The van der Waals surface area contributed by atoms with Crippen LogP contribution < -0.4 is 4.72 Å². The average Bonchev–Trinajstić information content (AvgIpc) is 2.11. The molecule has 0 aliphatic carbocycles. The molecular formula is C8H9BrClNO2S. The highest BCUT2D eigenvalue weighted by Gasteiger charge is 2.10. The van der Waals surface area contributed by atoms with Crippen LogP contribution >= 0.6 is 27.5 Å². The lowest BCUT2D eigenvalue weighted by molar-refractivity contribution is 0.605. The number of anilines is 1. The number of rotatable bonds is 3. The largest absolute Gasteiger partial charge is 0.281 e. The maximum absolute atomic E-state index is 11.2. The molecule has 0 aliphatic rings. The van der Waals surface area contributed by atoms with E-state index in [4.69, 9.17) is 11.6 Å². The molecule has 0 aliphatic heterocycles. The summed E-state index contributed by atoms with van der Waals surface area (Å²) in [5, 5.41) is -0.451. The zero-order valence-electron chi connectivity index (χ0n) is 7.42. The van der Waals surface area contributed by atoms with Crippen molar-refractivity contribution in [1.29, 1.82) is 0 Å². The SMILES string of the molecule is Cc1ccc(Br)c(NS(=O)(=O)CCl)c1. The van der Waals surface area contributed by atoms with Gasteiger partial charge in [-0.3, -0.25) is 4.72 Å². The summed E-state index contributed by atoms with van der Waals surface area (Å²) in [6.45, 7) is 1.88. The minimum absolute atomic E-state index is 0.451. The van der Waals surface area contributed by atoms with Gasteiger partial charge in [0.25, 0.3) is 0 Å². The quantitative estimate of drug-likeness (QED) is 0.872. The van der Waals surface area contributed by atoms with Gasteiger partial charge in [0.1, 0.15) is 5.21 Å². The smallest absolute Gasteiger partial charge is 0.246 e. The molecule has 0 atom stereocenters. The van der Waals surface area contributed by atoms with Crippen LogP contribution in [0.15, 0.2) is 22.7 Å². The third-order valence-corrected chi connectivity index (χ3v) is 3.90. The summed E-state index contributed by atoms with van der Waals surface area (Å²) in [5.41, 5.74) is 1.48. The summed E-state index contributed by atoms with van der Waals surface area (Å²) in [5.74, 6) is 0. The molecule has 1 aromatic rings. The molecule has 0 spiro atoms. The van der Waals surface area contributed by atoms with E-state index in [9.17, 15) is 8.42 Å². The highest BCUT2D eigenvalue weighted by atomic mass is 79.9. The first-order valence-electron chi connectivity index (χ1n) is 3.77. The highest BCUT2D eigenvalue weighted by molar-refractivity contribution is 9.10. The van der Waals surface area contributed by atoms with Crippen LogP contribution in [0.5, 0.6) is 0 Å². The standard InChI is InChI=1S/C8H9BrClNO2S/c1-6-2-3-7(9)8(4-6)11-14(12,13)5-10/h2-4,11H,5H2,1H3. The molecule has 1 aromatic carbocycles. The minimum Gasteiger partial charge on any atom is -0.281 e. The molecule has 3 nitrogen and oxygen atoms in total. The molecule has 6 heteroatoms. The number of alkyl halides is 1. The van der Waals surface area contributed by atoms with Gasteiger partial charge in [0.2, 0.25) is 10.0 Å².